The first-order valence-corrected chi connectivity index (χ1v) is 10.4. The number of nitrogens with zero attached hydrogens (tertiary/aromatic N) is 2. The molecule has 1 saturated heterocycles. The summed E-state index contributed by atoms with van der Waals surface area (Å²) in [5.74, 6) is 0.123. The van der Waals surface area contributed by atoms with Gasteiger partial charge in [-0.05, 0) is 44.4 Å². The number of carbonyl (C=O) groups is 2. The van der Waals surface area contributed by atoms with Crippen LogP contribution in [-0.2, 0) is 11.2 Å². The minimum absolute atomic E-state index is 0.0499. The molecule has 0 saturated carbocycles. The lowest BCUT2D eigenvalue weighted by atomic mass is 10.0. The summed E-state index contributed by atoms with van der Waals surface area (Å²) in [6, 6.07) is 18.0. The number of para-hydroxylation sites is 1. The minimum Gasteiger partial charge on any atom is -0.371 e. The van der Waals surface area contributed by atoms with E-state index in [1.54, 1.807) is 4.90 Å². The van der Waals surface area contributed by atoms with Crippen molar-refractivity contribution in [1.82, 2.24) is 10.2 Å². The Morgan fingerprint density at radius 2 is 1.66 bits per heavy atom. The van der Waals surface area contributed by atoms with Crippen molar-refractivity contribution in [2.75, 3.05) is 25.0 Å². The molecule has 2 aromatic carbocycles. The third-order valence-electron chi connectivity index (χ3n) is 5.64. The highest BCUT2D eigenvalue weighted by Gasteiger charge is 2.25. The van der Waals surface area contributed by atoms with Crippen molar-refractivity contribution in [2.45, 2.75) is 45.2 Å². The lowest BCUT2D eigenvalue weighted by molar-refractivity contribution is -0.121. The van der Waals surface area contributed by atoms with Crippen molar-refractivity contribution in [2.24, 2.45) is 0 Å². The highest BCUT2D eigenvalue weighted by molar-refractivity contribution is 5.99. The molecule has 1 aliphatic heterocycles. The molecule has 1 aliphatic rings. The molecule has 0 spiro atoms. The molecule has 1 fully saturated rings. The third kappa shape index (κ3) is 5.37. The number of benzene rings is 2. The van der Waals surface area contributed by atoms with Gasteiger partial charge in [0.1, 0.15) is 0 Å². The van der Waals surface area contributed by atoms with Gasteiger partial charge in [-0.1, -0.05) is 42.5 Å². The van der Waals surface area contributed by atoms with Gasteiger partial charge in [-0.2, -0.15) is 0 Å². The van der Waals surface area contributed by atoms with Gasteiger partial charge in [0.2, 0.25) is 5.91 Å². The van der Waals surface area contributed by atoms with Gasteiger partial charge in [0, 0.05) is 37.9 Å². The molecule has 154 valence electrons. The quantitative estimate of drug-likeness (QED) is 0.817. The van der Waals surface area contributed by atoms with Gasteiger partial charge < -0.3 is 15.1 Å². The van der Waals surface area contributed by atoms with E-state index < -0.39 is 0 Å². The number of rotatable bonds is 6. The second-order valence-electron chi connectivity index (χ2n) is 8.02. The number of amides is 2. The molecule has 1 heterocycles. The van der Waals surface area contributed by atoms with E-state index in [1.807, 2.05) is 75.5 Å². The zero-order valence-electron chi connectivity index (χ0n) is 17.6. The lowest BCUT2D eigenvalue weighted by Crippen LogP contribution is -2.45. The molecule has 1 N–H and O–H groups in total. The first-order valence-electron chi connectivity index (χ1n) is 10.4. The van der Waals surface area contributed by atoms with Crippen LogP contribution in [0.1, 0.15) is 42.6 Å². The molecule has 3 rings (SSSR count). The van der Waals surface area contributed by atoms with Gasteiger partial charge in [0.05, 0.1) is 12.0 Å². The molecule has 29 heavy (non-hydrogen) atoms. The van der Waals surface area contributed by atoms with Gasteiger partial charge in [-0.3, -0.25) is 9.59 Å². The van der Waals surface area contributed by atoms with Gasteiger partial charge in [-0.15, -0.1) is 0 Å². The Morgan fingerprint density at radius 1 is 1.03 bits per heavy atom. The summed E-state index contributed by atoms with van der Waals surface area (Å²) in [4.78, 5) is 29.3. The number of piperidine rings is 1. The molecule has 0 radical (unpaired) electrons. The second-order valence-corrected chi connectivity index (χ2v) is 8.02. The average molecular weight is 394 g/mol. The SMILES string of the molecule is CC(C)N(C)C(=O)c1ccccc1N1CCC(NC(=O)Cc2ccccc2)CC1. The third-order valence-corrected chi connectivity index (χ3v) is 5.64. The monoisotopic (exact) mass is 393 g/mol. The van der Waals surface area contributed by atoms with Crippen molar-refractivity contribution >= 4 is 17.5 Å². The zero-order chi connectivity index (χ0) is 20.8. The number of nitrogens with one attached hydrogen (secondary N) is 1. The largest absolute Gasteiger partial charge is 0.371 e. The molecular formula is C24H31N3O2. The van der Waals surface area contributed by atoms with E-state index in [-0.39, 0.29) is 23.9 Å². The maximum absolute atomic E-state index is 12.9. The van der Waals surface area contributed by atoms with Crippen molar-refractivity contribution in [3.63, 3.8) is 0 Å². The summed E-state index contributed by atoms with van der Waals surface area (Å²) in [7, 11) is 1.85. The fourth-order valence-electron chi connectivity index (χ4n) is 3.68. The first kappa shape index (κ1) is 20.9. The minimum atomic E-state index is 0.0499. The highest BCUT2D eigenvalue weighted by atomic mass is 16.2. The molecular weight excluding hydrogens is 362 g/mol. The van der Waals surface area contributed by atoms with Gasteiger partial charge >= 0.3 is 0 Å². The zero-order valence-corrected chi connectivity index (χ0v) is 17.6. The van der Waals surface area contributed by atoms with Gasteiger partial charge in [0.15, 0.2) is 0 Å². The van der Waals surface area contributed by atoms with E-state index in [9.17, 15) is 9.59 Å². The number of hydrogen-bond acceptors (Lipinski definition) is 3. The van der Waals surface area contributed by atoms with E-state index in [0.717, 1.165) is 42.7 Å². The predicted octanol–water partition coefficient (Wildman–Crippen LogP) is 3.49. The highest BCUT2D eigenvalue weighted by Crippen LogP contribution is 2.25. The van der Waals surface area contributed by atoms with Crippen LogP contribution in [0.15, 0.2) is 54.6 Å². The molecule has 5 nitrogen and oxygen atoms in total. The number of anilines is 1. The van der Waals surface area contributed by atoms with E-state index in [2.05, 4.69) is 10.2 Å². The normalized spacial score (nSPS) is 14.7. The number of hydrogen-bond donors (Lipinski definition) is 1. The molecule has 5 heteroatoms. The summed E-state index contributed by atoms with van der Waals surface area (Å²) in [5, 5.41) is 3.17. The van der Waals surface area contributed by atoms with Crippen LogP contribution in [0.4, 0.5) is 5.69 Å². The fraction of sp³-hybridized carbons (Fsp3) is 0.417. The Bertz CT molecular complexity index is 827. The second kappa shape index (κ2) is 9.59. The fourth-order valence-corrected chi connectivity index (χ4v) is 3.68. The Hall–Kier alpha value is -2.82. The summed E-state index contributed by atoms with van der Waals surface area (Å²) in [5.41, 5.74) is 2.76. The summed E-state index contributed by atoms with van der Waals surface area (Å²) in [6.07, 6.45) is 2.17. The first-order chi connectivity index (χ1) is 14.0. The average Bonchev–Trinajstić information content (AvgIpc) is 2.74. The molecule has 0 bridgehead atoms. The topological polar surface area (TPSA) is 52.7 Å². The maximum atomic E-state index is 12.9. The van der Waals surface area contributed by atoms with Gasteiger partial charge in [0.25, 0.3) is 5.91 Å². The molecule has 0 aliphatic carbocycles. The smallest absolute Gasteiger partial charge is 0.255 e. The Morgan fingerprint density at radius 3 is 2.31 bits per heavy atom. The Kier molecular flexibility index (Phi) is 6.91. The van der Waals surface area contributed by atoms with E-state index in [4.69, 9.17) is 0 Å². The Labute approximate surface area is 173 Å². The van der Waals surface area contributed by atoms with E-state index in [1.165, 1.54) is 0 Å². The molecule has 2 aromatic rings. The summed E-state index contributed by atoms with van der Waals surface area (Å²) >= 11 is 0. The van der Waals surface area contributed by atoms with E-state index >= 15 is 0 Å². The molecule has 0 unspecified atom stereocenters. The molecule has 2 amide bonds. The van der Waals surface area contributed by atoms with Crippen LogP contribution in [0, 0.1) is 0 Å². The predicted molar refractivity (Wildman–Crippen MR) is 117 cm³/mol. The van der Waals surface area contributed by atoms with Crippen molar-refractivity contribution < 1.29 is 9.59 Å². The Balaban J connectivity index is 1.58. The lowest BCUT2D eigenvalue weighted by Gasteiger charge is -2.35. The summed E-state index contributed by atoms with van der Waals surface area (Å²) < 4.78 is 0. The van der Waals surface area contributed by atoms with Crippen molar-refractivity contribution in [3.8, 4) is 0 Å². The van der Waals surface area contributed by atoms with Crippen molar-refractivity contribution in [3.05, 3.63) is 65.7 Å². The van der Waals surface area contributed by atoms with Gasteiger partial charge in [-0.25, -0.2) is 0 Å². The van der Waals surface area contributed by atoms with Crippen LogP contribution in [0.5, 0.6) is 0 Å². The summed E-state index contributed by atoms with van der Waals surface area (Å²) in [6.45, 7) is 5.69. The molecule has 0 aromatic heterocycles. The van der Waals surface area contributed by atoms with Crippen LogP contribution in [0.2, 0.25) is 0 Å². The van der Waals surface area contributed by atoms with Crippen LogP contribution >= 0.6 is 0 Å². The van der Waals surface area contributed by atoms with E-state index in [0.29, 0.717) is 6.42 Å². The maximum Gasteiger partial charge on any atom is 0.255 e. The van der Waals surface area contributed by atoms with Crippen LogP contribution in [-0.4, -0.2) is 48.9 Å². The van der Waals surface area contributed by atoms with Crippen LogP contribution in [0.3, 0.4) is 0 Å². The van der Waals surface area contributed by atoms with Crippen LogP contribution in [0.25, 0.3) is 0 Å². The van der Waals surface area contributed by atoms with Crippen LogP contribution < -0.4 is 10.2 Å². The number of carbonyl (C=O) groups excluding carboxylic acids is 2. The van der Waals surface area contributed by atoms with Crippen molar-refractivity contribution in [1.29, 1.82) is 0 Å². The standard InChI is InChI=1S/C24H31N3O2/c1-18(2)26(3)24(29)21-11-7-8-12-22(21)27-15-13-20(14-16-27)25-23(28)17-19-9-5-4-6-10-19/h4-12,18,20H,13-17H2,1-3H3,(H,25,28). The molecule has 0 atom stereocenters.